The second-order valence-electron chi connectivity index (χ2n) is 3.02. The van der Waals surface area contributed by atoms with Gasteiger partial charge in [0.25, 0.3) is 0 Å². The zero-order chi connectivity index (χ0) is 7.61. The number of nitrogens with two attached hydrogens (primary N) is 1. The number of carboxylic acids is 1. The van der Waals surface area contributed by atoms with Gasteiger partial charge in [0.15, 0.2) is 0 Å². The number of hydrogen-bond acceptors (Lipinski definition) is 2. The molecule has 0 aromatic heterocycles. The molecular weight excluding hydrogens is 263 g/mol. The van der Waals surface area contributed by atoms with Crippen molar-refractivity contribution in [3.8, 4) is 0 Å². The Morgan fingerprint density at radius 1 is 1.27 bits per heavy atom. The second-order valence-corrected chi connectivity index (χ2v) is 3.02. The zero-order valence-electron chi connectivity index (χ0n) is 5.97. The van der Waals surface area contributed by atoms with E-state index in [1.54, 1.807) is 0 Å². The first-order chi connectivity index (χ1) is 4.65. The fourth-order valence-electron chi connectivity index (χ4n) is 1.40. The molecule has 11 heavy (non-hydrogen) atoms. The maximum atomic E-state index is 10.6. The van der Waals surface area contributed by atoms with Gasteiger partial charge < -0.3 is 10.8 Å². The van der Waals surface area contributed by atoms with Gasteiger partial charge in [0.2, 0.25) is 0 Å². The summed E-state index contributed by atoms with van der Waals surface area (Å²) < 4.78 is 0. The first-order valence-electron chi connectivity index (χ1n) is 3.67. The van der Waals surface area contributed by atoms with Crippen molar-refractivity contribution < 1.29 is 9.90 Å². The fourth-order valence-corrected chi connectivity index (χ4v) is 1.40. The first-order valence-corrected chi connectivity index (χ1v) is 3.67. The summed E-state index contributed by atoms with van der Waals surface area (Å²) in [5.41, 5.74) is 4.70. The Bertz CT molecular complexity index is 143. The van der Waals surface area contributed by atoms with E-state index in [4.69, 9.17) is 10.8 Å². The Morgan fingerprint density at radius 2 is 1.73 bits per heavy atom. The van der Waals surface area contributed by atoms with Gasteiger partial charge in [0, 0.05) is 0 Å². The van der Waals surface area contributed by atoms with Crippen LogP contribution in [0.4, 0.5) is 0 Å². The molecule has 3 N–H and O–H groups in total. The summed E-state index contributed by atoms with van der Waals surface area (Å²) in [6, 6.07) is 0. The molecule has 0 bridgehead atoms. The van der Waals surface area contributed by atoms with E-state index < -0.39 is 11.5 Å². The summed E-state index contributed by atoms with van der Waals surface area (Å²) in [6.45, 7) is 0. The van der Waals surface area contributed by atoms with Gasteiger partial charge in [0.05, 0.1) is 0 Å². The number of carbonyl (C=O) groups is 1. The molecule has 0 heterocycles. The number of aliphatic carboxylic acids is 1. The molecule has 0 amide bonds. The van der Waals surface area contributed by atoms with Gasteiger partial charge in [-0.1, -0.05) is 19.3 Å². The molecular formula is C7H14CsNO2. The summed E-state index contributed by atoms with van der Waals surface area (Å²) in [5.74, 6) is -0.841. The summed E-state index contributed by atoms with van der Waals surface area (Å²) in [5, 5.41) is 8.67. The van der Waals surface area contributed by atoms with Crippen molar-refractivity contribution in [1.82, 2.24) is 0 Å². The normalized spacial score (nSPS) is 21.9. The molecule has 0 radical (unpaired) electrons. The molecule has 0 unspecified atom stereocenters. The third-order valence-corrected chi connectivity index (χ3v) is 2.17. The predicted octanol–water partition coefficient (Wildman–Crippen LogP) is 0.0841. The van der Waals surface area contributed by atoms with Crippen molar-refractivity contribution in [2.24, 2.45) is 5.73 Å². The van der Waals surface area contributed by atoms with Crippen molar-refractivity contribution in [2.75, 3.05) is 0 Å². The fraction of sp³-hybridized carbons (Fsp3) is 0.857. The zero-order valence-corrected chi connectivity index (χ0v) is 5.97. The quantitative estimate of drug-likeness (QED) is 0.713. The summed E-state index contributed by atoms with van der Waals surface area (Å²) in [6.07, 6.45) is 4.34. The number of carboxylic acid groups (broad SMARTS) is 1. The molecule has 1 aliphatic carbocycles. The van der Waals surface area contributed by atoms with Crippen molar-refractivity contribution in [3.63, 3.8) is 0 Å². The number of hydrogen-bond donors (Lipinski definition) is 2. The topological polar surface area (TPSA) is 63.3 Å². The van der Waals surface area contributed by atoms with Crippen LogP contribution < -0.4 is 5.73 Å². The van der Waals surface area contributed by atoms with Gasteiger partial charge in [-0.25, -0.2) is 0 Å². The van der Waals surface area contributed by atoms with Crippen LogP contribution in [0, 0.1) is 0 Å². The van der Waals surface area contributed by atoms with Gasteiger partial charge in [-0.3, -0.25) is 4.79 Å². The van der Waals surface area contributed by atoms with E-state index >= 15 is 0 Å². The third kappa shape index (κ3) is 3.38. The average Bonchev–Trinajstić information content (AvgIpc) is 1.89. The second kappa shape index (κ2) is 5.26. The molecule has 1 saturated carbocycles. The van der Waals surface area contributed by atoms with Crippen molar-refractivity contribution >= 4 is 74.9 Å². The van der Waals surface area contributed by atoms with Crippen LogP contribution in [0.25, 0.3) is 0 Å². The minimum atomic E-state index is -0.905. The van der Waals surface area contributed by atoms with Crippen molar-refractivity contribution in [2.45, 2.75) is 37.6 Å². The molecule has 60 valence electrons. The third-order valence-electron chi connectivity index (χ3n) is 2.17. The summed E-state index contributed by atoms with van der Waals surface area (Å²) in [7, 11) is 0. The van der Waals surface area contributed by atoms with Crippen LogP contribution in [0.1, 0.15) is 32.1 Å². The summed E-state index contributed by atoms with van der Waals surface area (Å²) in [4.78, 5) is 10.6. The van der Waals surface area contributed by atoms with E-state index in [0.717, 1.165) is 19.3 Å². The van der Waals surface area contributed by atoms with Crippen LogP contribution in [-0.4, -0.2) is 85.5 Å². The van der Waals surface area contributed by atoms with Crippen LogP contribution in [0.2, 0.25) is 0 Å². The Kier molecular flexibility index (Phi) is 5.97. The molecule has 1 fully saturated rings. The summed E-state index contributed by atoms with van der Waals surface area (Å²) >= 11 is 0. The van der Waals surface area contributed by atoms with Gasteiger partial charge >= 0.3 is 74.9 Å². The Balaban J connectivity index is 0.000001000. The molecule has 0 aromatic carbocycles. The molecule has 1 aliphatic rings. The van der Waals surface area contributed by atoms with E-state index in [1.807, 2.05) is 0 Å². The minimum absolute atomic E-state index is 0. The first kappa shape index (κ1) is 12.5. The van der Waals surface area contributed by atoms with Crippen LogP contribution in [0.3, 0.4) is 0 Å². The van der Waals surface area contributed by atoms with E-state index in [-0.39, 0.29) is 68.9 Å². The number of rotatable bonds is 1. The standard InChI is InChI=1S/C7H13NO2.Cs.H/c8-7(6(9)10)4-2-1-3-5-7;;/h1-5,8H2,(H,9,10);;. The Hall–Kier alpha value is 1.48. The van der Waals surface area contributed by atoms with Crippen LogP contribution in [-0.2, 0) is 4.79 Å². The average molecular weight is 277 g/mol. The maximum absolute atomic E-state index is 10.6. The SMILES string of the molecule is NC1(C(=O)O)CCCCC1.[CsH]. The monoisotopic (exact) mass is 277 g/mol. The van der Waals surface area contributed by atoms with E-state index in [0.29, 0.717) is 12.8 Å². The van der Waals surface area contributed by atoms with Gasteiger partial charge in [0.1, 0.15) is 5.54 Å². The van der Waals surface area contributed by atoms with E-state index in [1.165, 1.54) is 0 Å². The molecule has 0 aromatic rings. The van der Waals surface area contributed by atoms with Gasteiger partial charge in [-0.15, -0.1) is 0 Å². The van der Waals surface area contributed by atoms with Crippen molar-refractivity contribution in [3.05, 3.63) is 0 Å². The van der Waals surface area contributed by atoms with E-state index in [9.17, 15) is 4.79 Å². The molecule has 0 spiro atoms. The molecule has 3 nitrogen and oxygen atoms in total. The Morgan fingerprint density at radius 3 is 2.00 bits per heavy atom. The van der Waals surface area contributed by atoms with Crippen molar-refractivity contribution in [1.29, 1.82) is 0 Å². The van der Waals surface area contributed by atoms with Gasteiger partial charge in [-0.05, 0) is 12.8 Å². The molecule has 0 saturated heterocycles. The molecule has 1 rings (SSSR count). The Labute approximate surface area is 126 Å². The molecule has 4 heteroatoms. The van der Waals surface area contributed by atoms with Crippen LogP contribution in [0.5, 0.6) is 0 Å². The molecule has 0 atom stereocenters. The van der Waals surface area contributed by atoms with Gasteiger partial charge in [-0.2, -0.15) is 0 Å². The van der Waals surface area contributed by atoms with E-state index in [2.05, 4.69) is 0 Å². The van der Waals surface area contributed by atoms with Crippen LogP contribution >= 0.6 is 0 Å². The predicted molar refractivity (Wildman–Crippen MR) is 44.8 cm³/mol. The molecule has 0 aliphatic heterocycles. The van der Waals surface area contributed by atoms with Crippen LogP contribution in [0.15, 0.2) is 0 Å².